The van der Waals surface area contributed by atoms with Crippen LogP contribution in [0.1, 0.15) is 37.1 Å². The van der Waals surface area contributed by atoms with Gasteiger partial charge in [0.1, 0.15) is 17.5 Å². The summed E-state index contributed by atoms with van der Waals surface area (Å²) in [5.74, 6) is 2.70. The summed E-state index contributed by atoms with van der Waals surface area (Å²) >= 11 is 3.63. The summed E-state index contributed by atoms with van der Waals surface area (Å²) < 4.78 is 1.21. The van der Waals surface area contributed by atoms with Crippen LogP contribution in [0.3, 0.4) is 0 Å². The van der Waals surface area contributed by atoms with Crippen molar-refractivity contribution in [1.82, 2.24) is 15.3 Å². The molecule has 0 amide bonds. The van der Waals surface area contributed by atoms with Crippen molar-refractivity contribution >= 4 is 27.6 Å². The first-order valence-electron chi connectivity index (χ1n) is 9.77. The summed E-state index contributed by atoms with van der Waals surface area (Å²) in [6.07, 6.45) is 5.82. The Kier molecular flexibility index (Phi) is 7.07. The van der Waals surface area contributed by atoms with Crippen LogP contribution in [-0.4, -0.2) is 42.7 Å². The van der Waals surface area contributed by atoms with E-state index in [1.165, 1.54) is 35.7 Å². The lowest BCUT2D eigenvalue weighted by atomic mass is 9.91. The smallest absolute Gasteiger partial charge is 0.133 e. The largest absolute Gasteiger partial charge is 0.367 e. The first-order valence-corrected chi connectivity index (χ1v) is 10.6. The van der Waals surface area contributed by atoms with Crippen molar-refractivity contribution in [2.45, 2.75) is 51.1 Å². The highest BCUT2D eigenvalue weighted by molar-refractivity contribution is 9.10. The van der Waals surface area contributed by atoms with Crippen molar-refractivity contribution in [3.8, 4) is 0 Å². The van der Waals surface area contributed by atoms with Gasteiger partial charge in [-0.1, -0.05) is 34.1 Å². The summed E-state index contributed by atoms with van der Waals surface area (Å²) in [4.78, 5) is 11.0. The van der Waals surface area contributed by atoms with Crippen LogP contribution in [-0.2, 0) is 6.42 Å². The second-order valence-corrected chi connectivity index (χ2v) is 8.40. The summed E-state index contributed by atoms with van der Waals surface area (Å²) in [7, 11) is 4.02. The van der Waals surface area contributed by atoms with Crippen LogP contribution in [0.25, 0.3) is 0 Å². The molecule has 0 bridgehead atoms. The Labute approximate surface area is 171 Å². The standard InChI is InChI=1S/C21H30BrN5/c1-15-24-20(14-21(25-15)27(2)3)26-18-10-8-17(9-11-18)23-13-12-16-6-4-5-7-19(16)22/h4-7,14,17-18,23H,8-13H2,1-3H3,(H,24,25,26). The maximum atomic E-state index is 4.55. The third-order valence-corrected chi connectivity index (χ3v) is 5.92. The number of nitrogens with one attached hydrogen (secondary N) is 2. The molecular formula is C21H30BrN5. The normalized spacial score (nSPS) is 19.7. The Hall–Kier alpha value is -1.66. The van der Waals surface area contributed by atoms with E-state index in [0.29, 0.717) is 12.1 Å². The van der Waals surface area contributed by atoms with Gasteiger partial charge in [0, 0.05) is 36.7 Å². The van der Waals surface area contributed by atoms with Gasteiger partial charge in [-0.05, 0) is 57.2 Å². The lowest BCUT2D eigenvalue weighted by molar-refractivity contribution is 0.355. The van der Waals surface area contributed by atoms with Crippen LogP contribution < -0.4 is 15.5 Å². The van der Waals surface area contributed by atoms with Crippen LogP contribution in [0.4, 0.5) is 11.6 Å². The van der Waals surface area contributed by atoms with E-state index in [2.05, 4.69) is 60.8 Å². The molecule has 1 aromatic carbocycles. The third kappa shape index (κ3) is 5.91. The van der Waals surface area contributed by atoms with E-state index in [-0.39, 0.29) is 0 Å². The molecule has 6 heteroatoms. The monoisotopic (exact) mass is 431 g/mol. The van der Waals surface area contributed by atoms with Crippen molar-refractivity contribution in [3.63, 3.8) is 0 Å². The summed E-state index contributed by atoms with van der Waals surface area (Å²) in [5, 5.41) is 7.35. The summed E-state index contributed by atoms with van der Waals surface area (Å²) in [6.45, 7) is 2.98. The zero-order chi connectivity index (χ0) is 19.2. The second kappa shape index (κ2) is 9.51. The van der Waals surface area contributed by atoms with Gasteiger partial charge >= 0.3 is 0 Å². The molecule has 146 valence electrons. The predicted octanol–water partition coefficient (Wildman–Crippen LogP) is 4.17. The van der Waals surface area contributed by atoms with E-state index in [9.17, 15) is 0 Å². The molecule has 5 nitrogen and oxygen atoms in total. The van der Waals surface area contributed by atoms with E-state index >= 15 is 0 Å². The number of hydrogen-bond donors (Lipinski definition) is 2. The SMILES string of the molecule is Cc1nc(NC2CCC(NCCc3ccccc3Br)CC2)cc(N(C)C)n1. The highest BCUT2D eigenvalue weighted by Crippen LogP contribution is 2.23. The van der Waals surface area contributed by atoms with Gasteiger partial charge in [-0.25, -0.2) is 9.97 Å². The highest BCUT2D eigenvalue weighted by Gasteiger charge is 2.21. The van der Waals surface area contributed by atoms with Crippen LogP contribution in [0.15, 0.2) is 34.8 Å². The van der Waals surface area contributed by atoms with Gasteiger partial charge in [0.05, 0.1) is 0 Å². The van der Waals surface area contributed by atoms with E-state index in [1.807, 2.05) is 32.0 Å². The number of aromatic nitrogens is 2. The van der Waals surface area contributed by atoms with Gasteiger partial charge in [-0.2, -0.15) is 0 Å². The van der Waals surface area contributed by atoms with E-state index < -0.39 is 0 Å². The van der Waals surface area contributed by atoms with Crippen LogP contribution >= 0.6 is 15.9 Å². The van der Waals surface area contributed by atoms with Crippen LogP contribution in [0.5, 0.6) is 0 Å². The molecule has 0 radical (unpaired) electrons. The van der Waals surface area contributed by atoms with Gasteiger partial charge in [0.25, 0.3) is 0 Å². The molecular weight excluding hydrogens is 402 g/mol. The number of nitrogens with zero attached hydrogens (tertiary/aromatic N) is 3. The molecule has 0 aliphatic heterocycles. The molecule has 1 aliphatic rings. The molecule has 2 N–H and O–H groups in total. The fourth-order valence-electron chi connectivity index (χ4n) is 3.62. The lowest BCUT2D eigenvalue weighted by Gasteiger charge is -2.30. The van der Waals surface area contributed by atoms with Gasteiger partial charge in [-0.15, -0.1) is 0 Å². The first kappa shape index (κ1) is 20.1. The predicted molar refractivity (Wildman–Crippen MR) is 117 cm³/mol. The summed E-state index contributed by atoms with van der Waals surface area (Å²) in [5.41, 5.74) is 1.37. The number of anilines is 2. The summed E-state index contributed by atoms with van der Waals surface area (Å²) in [6, 6.07) is 11.6. The molecule has 2 aromatic rings. The topological polar surface area (TPSA) is 53.1 Å². The second-order valence-electron chi connectivity index (χ2n) is 7.54. The molecule has 0 unspecified atom stereocenters. The number of hydrogen-bond acceptors (Lipinski definition) is 5. The number of rotatable bonds is 7. The Bertz CT molecular complexity index is 741. The van der Waals surface area contributed by atoms with Crippen molar-refractivity contribution in [2.75, 3.05) is 30.9 Å². The van der Waals surface area contributed by atoms with Crippen LogP contribution in [0, 0.1) is 6.92 Å². The molecule has 1 aliphatic carbocycles. The van der Waals surface area contributed by atoms with E-state index in [1.54, 1.807) is 0 Å². The fraction of sp³-hybridized carbons (Fsp3) is 0.524. The quantitative estimate of drug-likeness (QED) is 0.688. The average Bonchev–Trinajstić information content (AvgIpc) is 2.64. The van der Waals surface area contributed by atoms with Crippen molar-refractivity contribution in [1.29, 1.82) is 0 Å². The maximum Gasteiger partial charge on any atom is 0.133 e. The van der Waals surface area contributed by atoms with Crippen molar-refractivity contribution < 1.29 is 0 Å². The zero-order valence-electron chi connectivity index (χ0n) is 16.5. The Morgan fingerprint density at radius 3 is 2.48 bits per heavy atom. The zero-order valence-corrected chi connectivity index (χ0v) is 18.1. The molecule has 3 rings (SSSR count). The van der Waals surface area contributed by atoms with Crippen molar-refractivity contribution in [3.05, 3.63) is 46.2 Å². The molecule has 1 saturated carbocycles. The molecule has 1 aromatic heterocycles. The maximum absolute atomic E-state index is 4.55. The Morgan fingerprint density at radius 1 is 1.07 bits per heavy atom. The Morgan fingerprint density at radius 2 is 1.78 bits per heavy atom. The molecule has 1 heterocycles. The highest BCUT2D eigenvalue weighted by atomic mass is 79.9. The molecule has 0 saturated heterocycles. The van der Waals surface area contributed by atoms with Gasteiger partial charge in [0.2, 0.25) is 0 Å². The van der Waals surface area contributed by atoms with Crippen molar-refractivity contribution in [2.24, 2.45) is 0 Å². The van der Waals surface area contributed by atoms with Gasteiger partial charge in [0.15, 0.2) is 0 Å². The minimum absolute atomic E-state index is 0.496. The molecule has 27 heavy (non-hydrogen) atoms. The minimum Gasteiger partial charge on any atom is -0.367 e. The Balaban J connectivity index is 1.43. The number of halogens is 1. The fourth-order valence-corrected chi connectivity index (χ4v) is 4.10. The molecule has 0 atom stereocenters. The minimum atomic E-state index is 0.496. The lowest BCUT2D eigenvalue weighted by Crippen LogP contribution is -2.38. The van der Waals surface area contributed by atoms with E-state index in [4.69, 9.17) is 0 Å². The number of aryl methyl sites for hydroxylation is 1. The van der Waals surface area contributed by atoms with E-state index in [0.717, 1.165) is 30.4 Å². The van der Waals surface area contributed by atoms with Gasteiger partial charge < -0.3 is 15.5 Å². The molecule has 1 fully saturated rings. The van der Waals surface area contributed by atoms with Crippen LogP contribution in [0.2, 0.25) is 0 Å². The first-order chi connectivity index (χ1) is 13.0. The van der Waals surface area contributed by atoms with Gasteiger partial charge in [-0.3, -0.25) is 0 Å². The third-order valence-electron chi connectivity index (χ3n) is 5.15. The average molecular weight is 432 g/mol. The number of benzene rings is 1. The molecule has 0 spiro atoms.